The molecule has 106 valence electrons. The van der Waals surface area contributed by atoms with Crippen LogP contribution in [0.25, 0.3) is 6.08 Å². The van der Waals surface area contributed by atoms with Crippen molar-refractivity contribution in [2.24, 2.45) is 7.05 Å². The second kappa shape index (κ2) is 6.29. The molecule has 0 spiro atoms. The van der Waals surface area contributed by atoms with Gasteiger partial charge in [-0.3, -0.25) is 4.79 Å². The van der Waals surface area contributed by atoms with E-state index in [0.717, 1.165) is 11.3 Å². The first kappa shape index (κ1) is 14.9. The molecule has 2 rings (SSSR count). The fourth-order valence-electron chi connectivity index (χ4n) is 1.84. The topological polar surface area (TPSA) is 57.8 Å². The molecule has 21 heavy (non-hydrogen) atoms. The Hall–Kier alpha value is -2.51. The molecule has 0 saturated heterocycles. The predicted octanol–water partition coefficient (Wildman–Crippen LogP) is 3.53. The fourth-order valence-corrected chi connectivity index (χ4v) is 2.01. The predicted molar refractivity (Wildman–Crippen MR) is 83.8 cm³/mol. The molecule has 0 aliphatic carbocycles. The molecular weight excluding hydrogens is 286 g/mol. The molecule has 5 heteroatoms. The van der Waals surface area contributed by atoms with Gasteiger partial charge in [0.15, 0.2) is 0 Å². The molecule has 0 fully saturated rings. The highest BCUT2D eigenvalue weighted by Gasteiger charge is 2.11. The van der Waals surface area contributed by atoms with Gasteiger partial charge < -0.3 is 9.88 Å². The number of carbonyl (C=O) groups excluding carboxylic acids is 1. The number of benzene rings is 1. The van der Waals surface area contributed by atoms with Crippen molar-refractivity contribution in [1.29, 1.82) is 5.26 Å². The number of anilines is 1. The zero-order valence-corrected chi connectivity index (χ0v) is 12.5. The summed E-state index contributed by atoms with van der Waals surface area (Å²) >= 11 is 5.92. The number of hydrogen-bond donors (Lipinski definition) is 1. The average Bonchev–Trinajstić information content (AvgIpc) is 2.85. The molecule has 1 aromatic carbocycles. The zero-order chi connectivity index (χ0) is 15.4. The lowest BCUT2D eigenvalue weighted by Crippen LogP contribution is -2.14. The highest BCUT2D eigenvalue weighted by atomic mass is 35.5. The van der Waals surface area contributed by atoms with Gasteiger partial charge in [0.1, 0.15) is 11.6 Å². The number of carbonyl (C=O) groups is 1. The van der Waals surface area contributed by atoms with Crippen molar-refractivity contribution in [3.05, 3.63) is 58.4 Å². The van der Waals surface area contributed by atoms with E-state index in [9.17, 15) is 10.1 Å². The van der Waals surface area contributed by atoms with Crippen LogP contribution in [0.4, 0.5) is 5.69 Å². The van der Waals surface area contributed by atoms with Crippen molar-refractivity contribution in [2.75, 3.05) is 5.32 Å². The molecule has 0 bridgehead atoms. The van der Waals surface area contributed by atoms with Gasteiger partial charge in [0.05, 0.1) is 0 Å². The molecule has 0 radical (unpaired) electrons. The van der Waals surface area contributed by atoms with Crippen LogP contribution in [0.3, 0.4) is 0 Å². The zero-order valence-electron chi connectivity index (χ0n) is 11.7. The van der Waals surface area contributed by atoms with E-state index in [4.69, 9.17) is 11.6 Å². The quantitative estimate of drug-likeness (QED) is 0.696. The first-order chi connectivity index (χ1) is 10.0. The minimum Gasteiger partial charge on any atom is -0.351 e. The molecule has 1 N–H and O–H groups in total. The Bertz CT molecular complexity index is 753. The largest absolute Gasteiger partial charge is 0.351 e. The summed E-state index contributed by atoms with van der Waals surface area (Å²) in [6.07, 6.45) is 3.40. The third-order valence-corrected chi connectivity index (χ3v) is 3.32. The van der Waals surface area contributed by atoms with E-state index in [0.29, 0.717) is 10.7 Å². The molecular formula is C16H14ClN3O. The number of halogens is 1. The lowest BCUT2D eigenvalue weighted by Gasteiger charge is -2.08. The molecule has 2 aromatic rings. The monoisotopic (exact) mass is 299 g/mol. The van der Waals surface area contributed by atoms with Crippen molar-refractivity contribution in [2.45, 2.75) is 6.92 Å². The molecule has 0 unspecified atom stereocenters. The van der Waals surface area contributed by atoms with Crippen LogP contribution in [-0.4, -0.2) is 10.5 Å². The molecule has 1 amide bonds. The normalized spacial score (nSPS) is 11.0. The standard InChI is InChI=1S/C16H14ClN3O/c1-11-5-6-13(17)9-15(11)19-16(21)12(10-18)8-14-4-3-7-20(14)2/h3-9H,1-2H3,(H,19,21)/b12-8-. The molecule has 1 heterocycles. The molecule has 0 aliphatic heterocycles. The van der Waals surface area contributed by atoms with Crippen LogP contribution in [0.5, 0.6) is 0 Å². The lowest BCUT2D eigenvalue weighted by atomic mass is 10.1. The number of rotatable bonds is 3. The summed E-state index contributed by atoms with van der Waals surface area (Å²) in [5.41, 5.74) is 2.30. The summed E-state index contributed by atoms with van der Waals surface area (Å²) < 4.78 is 1.83. The van der Waals surface area contributed by atoms with Gasteiger partial charge in [-0.15, -0.1) is 0 Å². The number of nitrogens with zero attached hydrogens (tertiary/aromatic N) is 2. The summed E-state index contributed by atoms with van der Waals surface area (Å²) in [7, 11) is 1.85. The summed E-state index contributed by atoms with van der Waals surface area (Å²) in [5, 5.41) is 12.4. The van der Waals surface area contributed by atoms with Gasteiger partial charge in [0, 0.05) is 29.6 Å². The van der Waals surface area contributed by atoms with Crippen LogP contribution in [0.1, 0.15) is 11.3 Å². The second-order valence-electron chi connectivity index (χ2n) is 4.63. The summed E-state index contributed by atoms with van der Waals surface area (Å²) in [6.45, 7) is 1.86. The summed E-state index contributed by atoms with van der Waals surface area (Å²) in [6, 6.07) is 10.8. The first-order valence-electron chi connectivity index (χ1n) is 6.32. The molecule has 0 saturated carbocycles. The Labute approximate surface area is 128 Å². The molecule has 1 aromatic heterocycles. The van der Waals surface area contributed by atoms with Crippen LogP contribution in [0.15, 0.2) is 42.1 Å². The Morgan fingerprint density at radius 1 is 1.43 bits per heavy atom. The first-order valence-corrected chi connectivity index (χ1v) is 6.69. The number of nitriles is 1. The van der Waals surface area contributed by atoms with Gasteiger partial charge in [-0.25, -0.2) is 0 Å². The molecule has 4 nitrogen and oxygen atoms in total. The van der Waals surface area contributed by atoms with Crippen LogP contribution in [-0.2, 0) is 11.8 Å². The van der Waals surface area contributed by atoms with Gasteiger partial charge in [-0.1, -0.05) is 17.7 Å². The van der Waals surface area contributed by atoms with Crippen LogP contribution in [0.2, 0.25) is 5.02 Å². The Morgan fingerprint density at radius 3 is 2.81 bits per heavy atom. The number of hydrogen-bond acceptors (Lipinski definition) is 2. The summed E-state index contributed by atoms with van der Waals surface area (Å²) in [4.78, 5) is 12.2. The third kappa shape index (κ3) is 3.53. The van der Waals surface area contributed by atoms with E-state index in [-0.39, 0.29) is 5.57 Å². The van der Waals surface area contributed by atoms with E-state index in [1.807, 2.05) is 49.0 Å². The smallest absolute Gasteiger partial charge is 0.266 e. The van der Waals surface area contributed by atoms with E-state index in [1.54, 1.807) is 18.2 Å². The van der Waals surface area contributed by atoms with Gasteiger partial charge in [-0.05, 0) is 42.8 Å². The second-order valence-corrected chi connectivity index (χ2v) is 5.06. The van der Waals surface area contributed by atoms with Crippen LogP contribution >= 0.6 is 11.6 Å². The minimum absolute atomic E-state index is 0.0381. The van der Waals surface area contributed by atoms with Gasteiger partial charge >= 0.3 is 0 Å². The third-order valence-electron chi connectivity index (χ3n) is 3.09. The molecule has 0 atom stereocenters. The van der Waals surface area contributed by atoms with Crippen LogP contribution < -0.4 is 5.32 Å². The van der Waals surface area contributed by atoms with Gasteiger partial charge in [0.2, 0.25) is 0 Å². The molecule has 0 aliphatic rings. The van der Waals surface area contributed by atoms with E-state index in [2.05, 4.69) is 5.32 Å². The van der Waals surface area contributed by atoms with Crippen molar-refractivity contribution in [1.82, 2.24) is 4.57 Å². The highest BCUT2D eigenvalue weighted by Crippen LogP contribution is 2.21. The van der Waals surface area contributed by atoms with Crippen molar-refractivity contribution < 1.29 is 4.79 Å². The Morgan fingerprint density at radius 2 is 2.19 bits per heavy atom. The van der Waals surface area contributed by atoms with E-state index in [1.165, 1.54) is 0 Å². The van der Waals surface area contributed by atoms with E-state index >= 15 is 0 Å². The van der Waals surface area contributed by atoms with Gasteiger partial charge in [-0.2, -0.15) is 5.26 Å². The average molecular weight is 300 g/mol. The van der Waals surface area contributed by atoms with Crippen molar-refractivity contribution in [3.63, 3.8) is 0 Å². The van der Waals surface area contributed by atoms with E-state index < -0.39 is 5.91 Å². The fraction of sp³-hybridized carbons (Fsp3) is 0.125. The maximum absolute atomic E-state index is 12.2. The van der Waals surface area contributed by atoms with Crippen LogP contribution in [0, 0.1) is 18.3 Å². The maximum Gasteiger partial charge on any atom is 0.266 e. The number of amides is 1. The Kier molecular flexibility index (Phi) is 4.46. The van der Waals surface area contributed by atoms with Crippen molar-refractivity contribution >= 4 is 29.3 Å². The maximum atomic E-state index is 12.2. The Balaban J connectivity index is 2.26. The minimum atomic E-state index is -0.455. The summed E-state index contributed by atoms with van der Waals surface area (Å²) in [5.74, 6) is -0.455. The highest BCUT2D eigenvalue weighted by molar-refractivity contribution is 6.31. The SMILES string of the molecule is Cc1ccc(Cl)cc1NC(=O)/C(C#N)=C\c1cccn1C. The number of aromatic nitrogens is 1. The number of aryl methyl sites for hydroxylation is 2. The van der Waals surface area contributed by atoms with Gasteiger partial charge in [0.25, 0.3) is 5.91 Å². The lowest BCUT2D eigenvalue weighted by molar-refractivity contribution is -0.112. The van der Waals surface area contributed by atoms with Crippen molar-refractivity contribution in [3.8, 4) is 6.07 Å². The number of nitrogens with one attached hydrogen (secondary N) is 1.